The minimum atomic E-state index is -1.40. The van der Waals surface area contributed by atoms with Crippen LogP contribution in [0.1, 0.15) is 58.7 Å². The Morgan fingerprint density at radius 1 is 1.23 bits per heavy atom. The highest BCUT2D eigenvalue weighted by Crippen LogP contribution is 2.58. The second-order valence-electron chi connectivity index (χ2n) is 9.84. The van der Waals surface area contributed by atoms with Gasteiger partial charge in [0.15, 0.2) is 5.60 Å². The van der Waals surface area contributed by atoms with Gasteiger partial charge < -0.3 is 9.84 Å². The Kier molecular flexibility index (Phi) is 5.26. The smallest absolute Gasteiger partial charge is 0.338 e. The zero-order chi connectivity index (χ0) is 21.7. The van der Waals surface area contributed by atoms with E-state index < -0.39 is 11.6 Å². The van der Waals surface area contributed by atoms with Gasteiger partial charge in [0.2, 0.25) is 0 Å². The molecular formula is C26H33NO3. The second-order valence-corrected chi connectivity index (χ2v) is 9.84. The number of aliphatic hydroxyl groups is 1. The average Bonchev–Trinajstić information content (AvgIpc) is 2.94. The number of aromatic nitrogens is 1. The first-order valence-electron chi connectivity index (χ1n) is 11.1. The molecule has 0 amide bonds. The molecule has 4 rings (SSSR count). The fraction of sp³-hybridized carbons (Fsp3) is 0.538. The summed E-state index contributed by atoms with van der Waals surface area (Å²) in [4.78, 5) is 17.1. The minimum Gasteiger partial charge on any atom is -0.460 e. The number of pyridine rings is 1. The molecule has 1 aromatic rings. The maximum atomic E-state index is 12.5. The maximum Gasteiger partial charge on any atom is 0.338 e. The number of rotatable bonds is 3. The van der Waals surface area contributed by atoms with Crippen LogP contribution in [0.4, 0.5) is 0 Å². The van der Waals surface area contributed by atoms with E-state index in [4.69, 9.17) is 4.74 Å². The molecular weight excluding hydrogens is 374 g/mol. The van der Waals surface area contributed by atoms with Crippen LogP contribution in [-0.2, 0) is 9.53 Å². The monoisotopic (exact) mass is 407 g/mol. The van der Waals surface area contributed by atoms with Crippen molar-refractivity contribution in [2.45, 2.75) is 59.2 Å². The molecule has 1 aliphatic heterocycles. The molecule has 3 aliphatic rings. The summed E-state index contributed by atoms with van der Waals surface area (Å²) in [5.41, 5.74) is 1.59. The van der Waals surface area contributed by atoms with E-state index in [1.165, 1.54) is 5.57 Å². The van der Waals surface area contributed by atoms with E-state index in [1.54, 1.807) is 0 Å². The Bertz CT molecular complexity index is 915. The molecule has 7 atom stereocenters. The Hall–Kier alpha value is -2.20. The highest BCUT2D eigenvalue weighted by atomic mass is 16.6. The van der Waals surface area contributed by atoms with Crippen LogP contribution < -0.4 is 0 Å². The van der Waals surface area contributed by atoms with E-state index >= 15 is 0 Å². The normalized spacial score (nSPS) is 40.9. The zero-order valence-corrected chi connectivity index (χ0v) is 18.6. The van der Waals surface area contributed by atoms with Gasteiger partial charge in [-0.15, -0.1) is 0 Å². The summed E-state index contributed by atoms with van der Waals surface area (Å²) >= 11 is 0. The fourth-order valence-electron chi connectivity index (χ4n) is 5.97. The predicted molar refractivity (Wildman–Crippen MR) is 119 cm³/mol. The molecule has 4 heteroatoms. The molecule has 1 N–H and O–H groups in total. The highest BCUT2D eigenvalue weighted by molar-refractivity contribution is 5.83. The molecule has 1 saturated carbocycles. The van der Waals surface area contributed by atoms with E-state index in [9.17, 15) is 9.90 Å². The number of esters is 1. The third kappa shape index (κ3) is 3.26. The van der Waals surface area contributed by atoms with Crippen molar-refractivity contribution < 1.29 is 14.6 Å². The van der Waals surface area contributed by atoms with Gasteiger partial charge in [-0.25, -0.2) is 4.79 Å². The standard InChI is InChI=1S/C26H33NO3/c1-16-8-6-7-9-22(16)20-10-11-21(27-15-20)12-13-25(5)18(3)17(2)14-26(29)23(25)19(4)30-24(26)28/h6-7,9-13,15-19,23,29H,8,14H2,1-5H3/b13-12+/t16-,17+,18-,19-,23+,25+,26+/m1/s1. The van der Waals surface area contributed by atoms with Gasteiger partial charge in [-0.2, -0.15) is 0 Å². The largest absolute Gasteiger partial charge is 0.460 e. The summed E-state index contributed by atoms with van der Waals surface area (Å²) < 4.78 is 5.50. The summed E-state index contributed by atoms with van der Waals surface area (Å²) in [7, 11) is 0. The predicted octanol–water partition coefficient (Wildman–Crippen LogP) is 5.05. The summed E-state index contributed by atoms with van der Waals surface area (Å²) in [6.07, 6.45) is 13.8. The van der Waals surface area contributed by atoms with Crippen molar-refractivity contribution in [3.05, 3.63) is 53.9 Å². The van der Waals surface area contributed by atoms with Crippen molar-refractivity contribution in [2.24, 2.45) is 29.1 Å². The summed E-state index contributed by atoms with van der Waals surface area (Å²) in [5, 5.41) is 11.2. The molecule has 4 nitrogen and oxygen atoms in total. The third-order valence-electron chi connectivity index (χ3n) is 7.93. The molecule has 0 radical (unpaired) electrons. The van der Waals surface area contributed by atoms with Crippen LogP contribution in [-0.4, -0.2) is 27.8 Å². The lowest BCUT2D eigenvalue weighted by Gasteiger charge is -2.51. The molecule has 1 aromatic heterocycles. The first-order valence-corrected chi connectivity index (χ1v) is 11.1. The van der Waals surface area contributed by atoms with Crippen molar-refractivity contribution in [1.29, 1.82) is 0 Å². The first-order chi connectivity index (χ1) is 14.2. The van der Waals surface area contributed by atoms with Crippen LogP contribution in [0.2, 0.25) is 0 Å². The molecule has 1 saturated heterocycles. The zero-order valence-electron chi connectivity index (χ0n) is 18.6. The molecule has 0 bridgehead atoms. The minimum absolute atomic E-state index is 0.210. The van der Waals surface area contributed by atoms with E-state index in [-0.39, 0.29) is 23.4 Å². The van der Waals surface area contributed by atoms with Crippen LogP contribution >= 0.6 is 0 Å². The Morgan fingerprint density at radius 2 is 2.00 bits per heavy atom. The molecule has 0 unspecified atom stereocenters. The number of fused-ring (bicyclic) bond motifs is 1. The number of carbonyl (C=O) groups excluding carboxylic acids is 1. The maximum absolute atomic E-state index is 12.5. The molecule has 0 spiro atoms. The van der Waals surface area contributed by atoms with E-state index in [0.717, 1.165) is 17.7 Å². The van der Waals surface area contributed by atoms with Gasteiger partial charge in [0, 0.05) is 12.1 Å². The van der Waals surface area contributed by atoms with Crippen LogP contribution in [0.25, 0.3) is 11.6 Å². The Morgan fingerprint density at radius 3 is 2.67 bits per heavy atom. The van der Waals surface area contributed by atoms with Crippen molar-refractivity contribution in [3.8, 4) is 0 Å². The van der Waals surface area contributed by atoms with Gasteiger partial charge in [0.25, 0.3) is 0 Å². The van der Waals surface area contributed by atoms with E-state index in [2.05, 4.69) is 63.0 Å². The number of ether oxygens (including phenoxy) is 1. The van der Waals surface area contributed by atoms with Crippen LogP contribution in [0, 0.1) is 29.1 Å². The van der Waals surface area contributed by atoms with E-state index in [1.807, 2.05) is 25.3 Å². The molecule has 0 aromatic carbocycles. The number of cyclic esters (lactones) is 1. The number of nitrogens with zero attached hydrogens (tertiary/aromatic N) is 1. The topological polar surface area (TPSA) is 59.4 Å². The van der Waals surface area contributed by atoms with Crippen LogP contribution in [0.15, 0.2) is 42.6 Å². The van der Waals surface area contributed by atoms with E-state index in [0.29, 0.717) is 18.3 Å². The Balaban J connectivity index is 1.62. The van der Waals surface area contributed by atoms with Gasteiger partial charge in [0.05, 0.1) is 5.69 Å². The highest BCUT2D eigenvalue weighted by Gasteiger charge is 2.65. The summed E-state index contributed by atoms with van der Waals surface area (Å²) in [6.45, 7) is 10.6. The molecule has 2 heterocycles. The van der Waals surface area contributed by atoms with Crippen molar-refractivity contribution in [2.75, 3.05) is 0 Å². The number of hydrogen-bond donors (Lipinski definition) is 1. The fourth-order valence-corrected chi connectivity index (χ4v) is 5.97. The second kappa shape index (κ2) is 7.49. The lowest BCUT2D eigenvalue weighted by molar-refractivity contribution is -0.164. The van der Waals surface area contributed by atoms with Gasteiger partial charge in [0.1, 0.15) is 6.10 Å². The van der Waals surface area contributed by atoms with Crippen molar-refractivity contribution >= 4 is 17.6 Å². The number of carbonyl (C=O) groups is 1. The van der Waals surface area contributed by atoms with Gasteiger partial charge >= 0.3 is 5.97 Å². The summed E-state index contributed by atoms with van der Waals surface area (Å²) in [5.74, 6) is 0.280. The van der Waals surface area contributed by atoms with Gasteiger partial charge in [-0.3, -0.25) is 4.98 Å². The quantitative estimate of drug-likeness (QED) is 0.713. The van der Waals surface area contributed by atoms with Crippen LogP contribution in [0.3, 0.4) is 0 Å². The number of hydrogen-bond acceptors (Lipinski definition) is 4. The van der Waals surface area contributed by atoms with Crippen molar-refractivity contribution in [1.82, 2.24) is 4.98 Å². The molecule has 30 heavy (non-hydrogen) atoms. The third-order valence-corrected chi connectivity index (χ3v) is 7.93. The van der Waals surface area contributed by atoms with Gasteiger partial charge in [-0.05, 0) is 66.2 Å². The lowest BCUT2D eigenvalue weighted by Crippen LogP contribution is -2.57. The summed E-state index contributed by atoms with van der Waals surface area (Å²) in [6, 6.07) is 4.18. The average molecular weight is 408 g/mol. The molecule has 2 aliphatic carbocycles. The molecule has 2 fully saturated rings. The Labute approximate surface area is 179 Å². The number of allylic oxidation sites excluding steroid dienone is 5. The van der Waals surface area contributed by atoms with Crippen LogP contribution in [0.5, 0.6) is 0 Å². The molecule has 160 valence electrons. The van der Waals surface area contributed by atoms with Gasteiger partial charge in [-0.1, -0.05) is 58.1 Å². The first kappa shape index (κ1) is 21.0. The lowest BCUT2D eigenvalue weighted by atomic mass is 9.52. The SMILES string of the molecule is C[C@@H]1CC=CC=C1c1ccc(/C=C/[C@@]2(C)[C@H](C)[C@@H](C)C[C@@]3(O)C(=O)O[C@H](C)[C@@H]23)nc1. The van der Waals surface area contributed by atoms with Crippen molar-refractivity contribution in [3.63, 3.8) is 0 Å².